The van der Waals surface area contributed by atoms with Crippen molar-refractivity contribution < 1.29 is 0 Å². The molecular formula is C26H37N5. The van der Waals surface area contributed by atoms with Gasteiger partial charge in [0.2, 0.25) is 0 Å². The fourth-order valence-electron chi connectivity index (χ4n) is 3.72. The van der Waals surface area contributed by atoms with Crippen LogP contribution in [-0.4, -0.2) is 35.7 Å². The molecule has 1 aliphatic heterocycles. The van der Waals surface area contributed by atoms with Crippen LogP contribution in [0, 0.1) is 6.92 Å². The Bertz CT molecular complexity index is 900. The van der Waals surface area contributed by atoms with E-state index in [4.69, 9.17) is 5.73 Å². The quantitative estimate of drug-likeness (QED) is 0.365. The first-order chi connectivity index (χ1) is 14.8. The van der Waals surface area contributed by atoms with Gasteiger partial charge in [0.25, 0.3) is 0 Å². The maximum atomic E-state index is 5.72. The molecule has 0 radical (unpaired) electrons. The lowest BCUT2D eigenvalue weighted by atomic mass is 9.98. The van der Waals surface area contributed by atoms with E-state index in [1.54, 1.807) is 12.3 Å². The second-order valence-electron chi connectivity index (χ2n) is 8.08. The number of hydrogen-bond acceptors (Lipinski definition) is 4. The first kappa shape index (κ1) is 24.4. The van der Waals surface area contributed by atoms with E-state index in [1.165, 1.54) is 5.56 Å². The minimum absolute atomic E-state index is 0.267. The molecule has 1 atom stereocenters. The lowest BCUT2D eigenvalue weighted by Crippen LogP contribution is -2.41. The summed E-state index contributed by atoms with van der Waals surface area (Å²) >= 11 is 0. The Labute approximate surface area is 187 Å². The van der Waals surface area contributed by atoms with Crippen LogP contribution in [0.15, 0.2) is 71.5 Å². The first-order valence-corrected chi connectivity index (χ1v) is 10.9. The predicted octanol–water partition coefficient (Wildman–Crippen LogP) is 5.16. The van der Waals surface area contributed by atoms with Gasteiger partial charge in [0.15, 0.2) is 0 Å². The number of hydrogen-bond donors (Lipinski definition) is 2. The molecule has 1 saturated heterocycles. The molecule has 0 amide bonds. The smallest absolute Gasteiger partial charge is 0.0960 e. The number of benzene rings is 1. The van der Waals surface area contributed by atoms with E-state index in [9.17, 15) is 0 Å². The number of aliphatic imine (C=N–C) groups is 2. The maximum Gasteiger partial charge on any atom is 0.0960 e. The molecule has 0 saturated carbocycles. The number of allylic oxidation sites excluding steroid dienone is 3. The van der Waals surface area contributed by atoms with Crippen LogP contribution in [0.4, 0.5) is 0 Å². The molecule has 0 spiro atoms. The normalized spacial score (nSPS) is 19.3. The summed E-state index contributed by atoms with van der Waals surface area (Å²) < 4.78 is 0. The van der Waals surface area contributed by atoms with Gasteiger partial charge in [-0.05, 0) is 65.2 Å². The Balaban J connectivity index is 2.25. The second kappa shape index (κ2) is 12.1. The highest BCUT2D eigenvalue weighted by Crippen LogP contribution is 2.25. The van der Waals surface area contributed by atoms with Crippen LogP contribution < -0.4 is 11.1 Å². The number of rotatable bonds is 7. The van der Waals surface area contributed by atoms with Gasteiger partial charge in [-0.3, -0.25) is 10.3 Å². The molecule has 1 aromatic carbocycles. The summed E-state index contributed by atoms with van der Waals surface area (Å²) in [6, 6.07) is 6.73. The molecule has 2 rings (SSSR count). The van der Waals surface area contributed by atoms with Gasteiger partial charge in [-0.1, -0.05) is 36.9 Å². The summed E-state index contributed by atoms with van der Waals surface area (Å²) in [5, 5.41) is 3.66. The second-order valence-corrected chi connectivity index (χ2v) is 8.08. The van der Waals surface area contributed by atoms with Crippen molar-refractivity contribution in [3.05, 3.63) is 78.2 Å². The summed E-state index contributed by atoms with van der Waals surface area (Å²) in [6.07, 6.45) is 10.9. The molecule has 1 aromatic rings. The highest BCUT2D eigenvalue weighted by Gasteiger charge is 2.18. The number of nitrogens with zero attached hydrogens (tertiary/aromatic N) is 3. The zero-order valence-corrected chi connectivity index (χ0v) is 19.5. The Morgan fingerprint density at radius 3 is 2.71 bits per heavy atom. The standard InChI is InChI=1S/C26H37N5/c1-7-8-14-28-21(4)25-13-12-19(2)16-26(25)22(5)31-15-10-9-11-24(29-18-31)17-20(3)30-23(6)27/h7-8,12-14,16-17,24,29H,1,5,9-11,15,18H2,2-4,6H3,(H2,27,30)/b14-8-,20-17-,28-21?. The number of nitrogens with two attached hydrogens (primary N) is 1. The van der Waals surface area contributed by atoms with Crippen molar-refractivity contribution in [2.75, 3.05) is 13.2 Å². The number of amidine groups is 1. The highest BCUT2D eigenvalue weighted by atomic mass is 15.2. The van der Waals surface area contributed by atoms with E-state index in [0.717, 1.165) is 60.7 Å². The van der Waals surface area contributed by atoms with Crippen LogP contribution in [0.5, 0.6) is 0 Å². The molecule has 3 N–H and O–H groups in total. The van der Waals surface area contributed by atoms with E-state index in [-0.39, 0.29) is 6.04 Å². The molecule has 1 heterocycles. The Kier molecular flexibility index (Phi) is 9.47. The van der Waals surface area contributed by atoms with Crippen molar-refractivity contribution in [3.8, 4) is 0 Å². The molecule has 0 aliphatic carbocycles. The summed E-state index contributed by atoms with van der Waals surface area (Å²) in [5.41, 5.74) is 12.1. The van der Waals surface area contributed by atoms with Crippen molar-refractivity contribution in [2.24, 2.45) is 15.7 Å². The SMILES string of the molecule is C=C/C=C\N=C(C)c1ccc(C)cc1C(=C)N1CCCCC(/C=C(/C)N=C(C)N)NC1. The molecular weight excluding hydrogens is 382 g/mol. The van der Waals surface area contributed by atoms with Crippen molar-refractivity contribution in [2.45, 2.75) is 53.0 Å². The summed E-state index contributed by atoms with van der Waals surface area (Å²) in [7, 11) is 0. The highest BCUT2D eigenvalue weighted by molar-refractivity contribution is 6.03. The Hall–Kier alpha value is -2.92. The van der Waals surface area contributed by atoms with E-state index in [2.05, 4.69) is 64.6 Å². The molecule has 1 aliphatic rings. The fourth-order valence-corrected chi connectivity index (χ4v) is 3.72. The van der Waals surface area contributed by atoms with Gasteiger partial charge < -0.3 is 10.6 Å². The van der Waals surface area contributed by atoms with E-state index in [1.807, 2.05) is 26.8 Å². The van der Waals surface area contributed by atoms with Crippen molar-refractivity contribution in [3.63, 3.8) is 0 Å². The van der Waals surface area contributed by atoms with E-state index >= 15 is 0 Å². The maximum absolute atomic E-state index is 5.72. The predicted molar refractivity (Wildman–Crippen MR) is 135 cm³/mol. The van der Waals surface area contributed by atoms with Crippen LogP contribution in [0.1, 0.15) is 56.7 Å². The topological polar surface area (TPSA) is 66.0 Å². The molecule has 5 heteroatoms. The number of aryl methyl sites for hydroxylation is 1. The molecule has 1 unspecified atom stereocenters. The van der Waals surface area contributed by atoms with E-state index in [0.29, 0.717) is 5.84 Å². The zero-order valence-electron chi connectivity index (χ0n) is 19.5. The van der Waals surface area contributed by atoms with Crippen LogP contribution in [-0.2, 0) is 0 Å². The van der Waals surface area contributed by atoms with Gasteiger partial charge in [-0.25, -0.2) is 4.99 Å². The molecule has 0 bridgehead atoms. The zero-order chi connectivity index (χ0) is 22.8. The van der Waals surface area contributed by atoms with Crippen molar-refractivity contribution in [1.82, 2.24) is 10.2 Å². The molecule has 0 aromatic heterocycles. The minimum Gasteiger partial charge on any atom is -0.387 e. The average Bonchev–Trinajstić information content (AvgIpc) is 2.69. The van der Waals surface area contributed by atoms with Gasteiger partial charge in [0.1, 0.15) is 0 Å². The van der Waals surface area contributed by atoms with Gasteiger partial charge in [0, 0.05) is 47.0 Å². The first-order valence-electron chi connectivity index (χ1n) is 10.9. The third-order valence-electron chi connectivity index (χ3n) is 5.28. The Morgan fingerprint density at radius 1 is 1.23 bits per heavy atom. The molecule has 166 valence electrons. The average molecular weight is 420 g/mol. The van der Waals surface area contributed by atoms with Crippen LogP contribution in [0.25, 0.3) is 5.70 Å². The molecule has 1 fully saturated rings. The monoisotopic (exact) mass is 419 g/mol. The molecule has 5 nitrogen and oxygen atoms in total. The van der Waals surface area contributed by atoms with E-state index < -0.39 is 0 Å². The van der Waals surface area contributed by atoms with Crippen LogP contribution in [0.2, 0.25) is 0 Å². The lowest BCUT2D eigenvalue weighted by molar-refractivity contribution is 0.307. The van der Waals surface area contributed by atoms with Gasteiger partial charge in [-0.2, -0.15) is 0 Å². The Morgan fingerprint density at radius 2 is 2.00 bits per heavy atom. The largest absolute Gasteiger partial charge is 0.387 e. The summed E-state index contributed by atoms with van der Waals surface area (Å²) in [5.74, 6) is 0.585. The molecule has 31 heavy (non-hydrogen) atoms. The third kappa shape index (κ3) is 7.68. The fraction of sp³-hybridized carbons (Fsp3) is 0.385. The number of nitrogens with one attached hydrogen (secondary N) is 1. The third-order valence-corrected chi connectivity index (χ3v) is 5.28. The van der Waals surface area contributed by atoms with Crippen molar-refractivity contribution in [1.29, 1.82) is 0 Å². The lowest BCUT2D eigenvalue weighted by Gasteiger charge is -2.32. The van der Waals surface area contributed by atoms with Gasteiger partial charge in [0.05, 0.1) is 12.5 Å². The van der Waals surface area contributed by atoms with Gasteiger partial charge in [-0.15, -0.1) is 0 Å². The van der Waals surface area contributed by atoms with Gasteiger partial charge >= 0.3 is 0 Å². The summed E-state index contributed by atoms with van der Waals surface area (Å²) in [4.78, 5) is 11.3. The van der Waals surface area contributed by atoms with Crippen molar-refractivity contribution >= 4 is 17.2 Å². The minimum atomic E-state index is 0.267. The van der Waals surface area contributed by atoms with Crippen LogP contribution >= 0.6 is 0 Å². The summed E-state index contributed by atoms with van der Waals surface area (Å²) in [6.45, 7) is 17.8. The van der Waals surface area contributed by atoms with Crippen LogP contribution in [0.3, 0.4) is 0 Å².